The van der Waals surface area contributed by atoms with Gasteiger partial charge in [-0.3, -0.25) is 0 Å². The monoisotopic (exact) mass is 432 g/mol. The van der Waals surface area contributed by atoms with Crippen LogP contribution < -0.4 is 0 Å². The van der Waals surface area contributed by atoms with Crippen LogP contribution in [0.15, 0.2) is 0 Å². The van der Waals surface area contributed by atoms with Crippen molar-refractivity contribution in [3.05, 3.63) is 0 Å². The molecule has 0 saturated heterocycles. The summed E-state index contributed by atoms with van der Waals surface area (Å²) in [6, 6.07) is 0. The summed E-state index contributed by atoms with van der Waals surface area (Å²) in [4.78, 5) is 0. The zero-order valence-electron chi connectivity index (χ0n) is 7.28. The summed E-state index contributed by atoms with van der Waals surface area (Å²) >= 11 is 0. The van der Waals surface area contributed by atoms with Crippen molar-refractivity contribution >= 4 is 20.2 Å². The van der Waals surface area contributed by atoms with Crippen LogP contribution in [0, 0.1) is 0 Å². The minimum Gasteiger partial charge on any atom is -0.748 e. The van der Waals surface area contributed by atoms with Crippen LogP contribution in [-0.2, 0) is 65.0 Å². The summed E-state index contributed by atoms with van der Waals surface area (Å²) < 4.78 is 56.7. The van der Waals surface area contributed by atoms with E-state index < -0.39 is 20.2 Å². The number of hydrogen-bond donors (Lipinski definition) is 0. The normalized spacial score (nSPS) is 10.0. The molecule has 0 fully saturated rings. The predicted octanol–water partition coefficient (Wildman–Crippen LogP) is -0.902. The maximum absolute atomic E-state index is 9.44. The van der Waals surface area contributed by atoms with E-state index in [4.69, 9.17) is 0 Å². The Balaban J connectivity index is -0.0000000625. The molecule has 0 amide bonds. The average molecular weight is 434 g/mol. The molecule has 96 valence electrons. The first-order chi connectivity index (χ1) is 5.12. The van der Waals surface area contributed by atoms with E-state index in [1.165, 1.54) is 13.8 Å². The molecule has 0 aromatic carbocycles. The third kappa shape index (κ3) is 37.8. The van der Waals surface area contributed by atoms with Gasteiger partial charge in [0.05, 0.1) is 20.2 Å². The Morgan fingerprint density at radius 2 is 0.857 bits per heavy atom. The van der Waals surface area contributed by atoms with Gasteiger partial charge in [0.2, 0.25) is 0 Å². The molecular formula is C4H10Ag2O6S2. The number of hydrogen-bond acceptors (Lipinski definition) is 6. The van der Waals surface area contributed by atoms with Crippen LogP contribution >= 0.6 is 0 Å². The second-order valence-corrected chi connectivity index (χ2v) is 5.08. The quantitative estimate of drug-likeness (QED) is 0.411. The Morgan fingerprint density at radius 1 is 0.786 bits per heavy atom. The minimum atomic E-state index is -3.91. The minimum absolute atomic E-state index is 0. The molecule has 0 bridgehead atoms. The van der Waals surface area contributed by atoms with Crippen LogP contribution in [0.25, 0.3) is 0 Å². The first-order valence-corrected chi connectivity index (χ1v) is 6.15. The molecule has 0 aromatic heterocycles. The smallest absolute Gasteiger partial charge is 0.748 e. The van der Waals surface area contributed by atoms with Crippen LogP contribution in [0.2, 0.25) is 0 Å². The standard InChI is InChI=1S/2C2H6O3S.2Ag/c2*1-2-6(3,4)5;;/h2*2H2,1H3,(H,3,4,5);;/q;;2*+1/p-2. The third-order valence-electron chi connectivity index (χ3n) is 0.707. The summed E-state index contributed by atoms with van der Waals surface area (Å²) in [5, 5.41) is 0. The molecular weight excluding hydrogens is 424 g/mol. The van der Waals surface area contributed by atoms with Gasteiger partial charge in [-0.2, -0.15) is 0 Å². The maximum Gasteiger partial charge on any atom is 1.00 e. The Hall–Kier alpha value is 1.30. The zero-order valence-corrected chi connectivity index (χ0v) is 11.9. The van der Waals surface area contributed by atoms with Crippen molar-refractivity contribution in [3.8, 4) is 0 Å². The molecule has 0 rings (SSSR count). The molecule has 0 unspecified atom stereocenters. The fourth-order valence-corrected chi connectivity index (χ4v) is 0. The third-order valence-corrected chi connectivity index (χ3v) is 2.12. The summed E-state index contributed by atoms with van der Waals surface area (Å²) in [6.07, 6.45) is 0. The van der Waals surface area contributed by atoms with E-state index >= 15 is 0 Å². The van der Waals surface area contributed by atoms with Gasteiger partial charge in [-0.1, -0.05) is 13.8 Å². The van der Waals surface area contributed by atoms with Gasteiger partial charge in [0.15, 0.2) is 0 Å². The van der Waals surface area contributed by atoms with Gasteiger partial charge in [-0.25, -0.2) is 16.8 Å². The summed E-state index contributed by atoms with van der Waals surface area (Å²) in [5.74, 6) is -0.625. The molecule has 0 radical (unpaired) electrons. The van der Waals surface area contributed by atoms with E-state index in [1.807, 2.05) is 0 Å². The van der Waals surface area contributed by atoms with Gasteiger partial charge < -0.3 is 9.11 Å². The van der Waals surface area contributed by atoms with Gasteiger partial charge in [0.1, 0.15) is 0 Å². The second-order valence-electron chi connectivity index (χ2n) is 1.69. The Kier molecular flexibility index (Phi) is 18.9. The second kappa shape index (κ2) is 10.8. The Morgan fingerprint density at radius 3 is 0.857 bits per heavy atom. The summed E-state index contributed by atoms with van der Waals surface area (Å²) in [7, 11) is -7.82. The van der Waals surface area contributed by atoms with Crippen molar-refractivity contribution in [1.29, 1.82) is 0 Å². The van der Waals surface area contributed by atoms with Gasteiger partial charge in [-0.05, 0) is 0 Å². The fourth-order valence-electron chi connectivity index (χ4n) is 0. The van der Waals surface area contributed by atoms with Crippen LogP contribution in [0.4, 0.5) is 0 Å². The van der Waals surface area contributed by atoms with Gasteiger partial charge in [0, 0.05) is 11.5 Å². The molecule has 0 saturated carbocycles. The molecule has 6 nitrogen and oxygen atoms in total. The van der Waals surface area contributed by atoms with E-state index in [-0.39, 0.29) is 56.3 Å². The van der Waals surface area contributed by atoms with E-state index in [2.05, 4.69) is 0 Å². The molecule has 0 aliphatic carbocycles. The van der Waals surface area contributed by atoms with Crippen molar-refractivity contribution in [2.75, 3.05) is 11.5 Å². The molecule has 0 spiro atoms. The molecule has 10 heteroatoms. The molecule has 0 aliphatic heterocycles. The molecule has 0 aliphatic rings. The topological polar surface area (TPSA) is 114 Å². The predicted molar refractivity (Wildman–Crippen MR) is 40.5 cm³/mol. The maximum atomic E-state index is 9.44. The SMILES string of the molecule is CCS(=O)(=O)[O-].CCS(=O)(=O)[O-].[Ag+].[Ag+]. The summed E-state index contributed by atoms with van der Waals surface area (Å²) in [6.45, 7) is 2.62. The van der Waals surface area contributed by atoms with Crippen molar-refractivity contribution < 1.29 is 70.7 Å². The van der Waals surface area contributed by atoms with Crippen LogP contribution in [0.1, 0.15) is 13.8 Å². The Labute approximate surface area is 115 Å². The van der Waals surface area contributed by atoms with Crippen molar-refractivity contribution in [2.24, 2.45) is 0 Å². The average Bonchev–Trinajstić information content (AvgIpc) is 1.86. The van der Waals surface area contributed by atoms with Crippen molar-refractivity contribution in [3.63, 3.8) is 0 Å². The van der Waals surface area contributed by atoms with E-state index in [9.17, 15) is 25.9 Å². The van der Waals surface area contributed by atoms with Gasteiger partial charge in [-0.15, -0.1) is 0 Å². The van der Waals surface area contributed by atoms with Crippen LogP contribution in [-0.4, -0.2) is 37.4 Å². The van der Waals surface area contributed by atoms with Crippen molar-refractivity contribution in [1.82, 2.24) is 0 Å². The molecule has 0 N–H and O–H groups in total. The largest absolute Gasteiger partial charge is 1.00 e. The Bertz CT molecular complexity index is 262. The molecule has 14 heavy (non-hydrogen) atoms. The van der Waals surface area contributed by atoms with Crippen LogP contribution in [0.5, 0.6) is 0 Å². The van der Waals surface area contributed by atoms with E-state index in [0.29, 0.717) is 0 Å². The summed E-state index contributed by atoms with van der Waals surface area (Å²) in [5.41, 5.74) is 0. The molecule has 0 heterocycles. The van der Waals surface area contributed by atoms with Gasteiger partial charge in [0.25, 0.3) is 0 Å². The fraction of sp³-hybridized carbons (Fsp3) is 1.00. The van der Waals surface area contributed by atoms with E-state index in [1.54, 1.807) is 0 Å². The van der Waals surface area contributed by atoms with Crippen molar-refractivity contribution in [2.45, 2.75) is 13.8 Å². The first-order valence-electron chi connectivity index (χ1n) is 2.99. The van der Waals surface area contributed by atoms with E-state index in [0.717, 1.165) is 0 Å². The zero-order chi connectivity index (χ0) is 10.4. The molecule has 0 aromatic rings. The van der Waals surface area contributed by atoms with Gasteiger partial charge >= 0.3 is 44.8 Å². The number of rotatable bonds is 2. The van der Waals surface area contributed by atoms with Crippen LogP contribution in [0.3, 0.4) is 0 Å². The molecule has 0 atom stereocenters. The first kappa shape index (κ1) is 24.5.